The highest BCUT2D eigenvalue weighted by Gasteiger charge is 2.20. The molecule has 0 saturated heterocycles. The van der Waals surface area contributed by atoms with Gasteiger partial charge in [0.1, 0.15) is 11.5 Å². The molecule has 226 valence electrons. The maximum Gasteiger partial charge on any atom is 0.223 e. The van der Waals surface area contributed by atoms with E-state index in [4.69, 9.17) is 15.1 Å². The monoisotopic (exact) mass is 593 g/mol. The molecule has 0 spiro atoms. The summed E-state index contributed by atoms with van der Waals surface area (Å²) < 4.78 is 2.00. The number of hydrogen-bond donors (Lipinski definition) is 2. The van der Waals surface area contributed by atoms with Gasteiger partial charge in [0, 0.05) is 36.0 Å². The maximum absolute atomic E-state index is 5.17. The van der Waals surface area contributed by atoms with Crippen LogP contribution in [0, 0.1) is 0 Å². The average molecular weight is 594 g/mol. The van der Waals surface area contributed by atoms with Gasteiger partial charge >= 0.3 is 0 Å². The molecule has 7 heteroatoms. The largest absolute Gasteiger partial charge is 0.370 e. The number of nitrogens with zero attached hydrogens (tertiary/aromatic N) is 5. The highest BCUT2D eigenvalue weighted by molar-refractivity contribution is 6.14. The Kier molecular flexibility index (Phi) is 9.55. The summed E-state index contributed by atoms with van der Waals surface area (Å²) in [6.45, 7) is 6.10. The summed E-state index contributed by atoms with van der Waals surface area (Å²) in [6.07, 6.45) is 6.20. The van der Waals surface area contributed by atoms with Crippen LogP contribution in [0.15, 0.2) is 120 Å². The molecule has 0 amide bonds. The predicted molar refractivity (Wildman–Crippen MR) is 187 cm³/mol. The molecule has 0 fully saturated rings. The smallest absolute Gasteiger partial charge is 0.223 e. The number of anilines is 2. The van der Waals surface area contributed by atoms with E-state index in [1.807, 2.05) is 53.2 Å². The van der Waals surface area contributed by atoms with Crippen molar-refractivity contribution in [2.45, 2.75) is 39.5 Å². The lowest BCUT2D eigenvalue weighted by molar-refractivity contribution is 0.822. The molecule has 0 aliphatic heterocycles. The summed E-state index contributed by atoms with van der Waals surface area (Å²) in [5, 5.41) is 12.1. The summed E-state index contributed by atoms with van der Waals surface area (Å²) in [5.41, 5.74) is 8.60. The minimum Gasteiger partial charge on any atom is -0.370 e. The second-order valence-corrected chi connectivity index (χ2v) is 11.0. The predicted octanol–water partition coefficient (Wildman–Crippen LogP) is 9.05. The van der Waals surface area contributed by atoms with E-state index in [0.717, 1.165) is 95.1 Å². The summed E-state index contributed by atoms with van der Waals surface area (Å²) in [7, 11) is 0. The average Bonchev–Trinajstić information content (AvgIpc) is 3.49. The standard InChI is InChI=1S/C38H39N7/c1-3-5-25-39-34-19-13-18-33-35(32-24-27-41-38(43-32)40-26-6-4-2)37(44-45(33)34)30-20-22-31(23-21-30)42-36(28-14-9-7-10-15-28)29-16-11-8-12-17-29/h7-24,27,39H,3-6,25-26H2,1-2H3,(H,40,41,43). The Labute approximate surface area is 265 Å². The molecule has 45 heavy (non-hydrogen) atoms. The van der Waals surface area contributed by atoms with Crippen molar-refractivity contribution in [1.29, 1.82) is 0 Å². The third kappa shape index (κ3) is 6.93. The molecule has 3 aromatic heterocycles. The number of rotatable bonds is 13. The number of hydrogen-bond acceptors (Lipinski definition) is 6. The summed E-state index contributed by atoms with van der Waals surface area (Å²) in [4.78, 5) is 14.5. The Bertz CT molecular complexity index is 1820. The first-order valence-corrected chi connectivity index (χ1v) is 15.9. The second kappa shape index (κ2) is 14.4. The molecule has 2 N–H and O–H groups in total. The van der Waals surface area contributed by atoms with Crippen molar-refractivity contribution in [1.82, 2.24) is 19.6 Å². The van der Waals surface area contributed by atoms with Gasteiger partial charge < -0.3 is 10.6 Å². The zero-order valence-electron chi connectivity index (χ0n) is 25.9. The first-order valence-electron chi connectivity index (χ1n) is 15.9. The van der Waals surface area contributed by atoms with Gasteiger partial charge in [0.25, 0.3) is 0 Å². The van der Waals surface area contributed by atoms with Crippen LogP contribution >= 0.6 is 0 Å². The van der Waals surface area contributed by atoms with Gasteiger partial charge in [-0.2, -0.15) is 5.10 Å². The van der Waals surface area contributed by atoms with E-state index in [-0.39, 0.29) is 0 Å². The Hall–Kier alpha value is -5.30. The SMILES string of the molecule is CCCCNc1nccc(-c2c(-c3ccc(N=C(c4ccccc4)c4ccccc4)cc3)nn3c(NCCCC)cccc23)n1. The van der Waals surface area contributed by atoms with Crippen LogP contribution in [0.2, 0.25) is 0 Å². The van der Waals surface area contributed by atoms with E-state index < -0.39 is 0 Å². The molecule has 6 rings (SSSR count). The number of aromatic nitrogens is 4. The van der Waals surface area contributed by atoms with E-state index in [2.05, 4.69) is 96.2 Å². The van der Waals surface area contributed by atoms with Crippen LogP contribution in [0.3, 0.4) is 0 Å². The lowest BCUT2D eigenvalue weighted by atomic mass is 10.0. The number of aliphatic imine (C=N–C) groups is 1. The Morgan fingerprint density at radius 2 is 1.38 bits per heavy atom. The number of nitrogens with one attached hydrogen (secondary N) is 2. The maximum atomic E-state index is 5.17. The van der Waals surface area contributed by atoms with Crippen LogP contribution in [-0.4, -0.2) is 38.4 Å². The number of fused-ring (bicyclic) bond motifs is 1. The molecule has 3 aromatic carbocycles. The van der Waals surface area contributed by atoms with Crippen molar-refractivity contribution in [3.8, 4) is 22.5 Å². The summed E-state index contributed by atoms with van der Waals surface area (Å²) >= 11 is 0. The quantitative estimate of drug-likeness (QED) is 0.103. The Morgan fingerprint density at radius 1 is 0.711 bits per heavy atom. The van der Waals surface area contributed by atoms with Crippen LogP contribution in [0.4, 0.5) is 17.5 Å². The fourth-order valence-corrected chi connectivity index (χ4v) is 5.32. The van der Waals surface area contributed by atoms with Gasteiger partial charge in [-0.25, -0.2) is 19.5 Å². The normalized spacial score (nSPS) is 11.0. The Morgan fingerprint density at radius 3 is 2.04 bits per heavy atom. The number of unbranched alkanes of at least 4 members (excludes halogenated alkanes) is 2. The molecule has 0 bridgehead atoms. The molecule has 0 aliphatic carbocycles. The minimum absolute atomic E-state index is 0.627. The number of pyridine rings is 1. The van der Waals surface area contributed by atoms with Gasteiger partial charge in [0.2, 0.25) is 5.95 Å². The molecule has 0 radical (unpaired) electrons. The van der Waals surface area contributed by atoms with Gasteiger partial charge in [-0.1, -0.05) is 106 Å². The molecule has 0 saturated carbocycles. The first kappa shape index (κ1) is 29.8. The second-order valence-electron chi connectivity index (χ2n) is 11.0. The van der Waals surface area contributed by atoms with Crippen molar-refractivity contribution >= 4 is 28.7 Å². The van der Waals surface area contributed by atoms with Gasteiger partial charge in [0.05, 0.1) is 28.2 Å². The molecule has 0 aliphatic rings. The van der Waals surface area contributed by atoms with Gasteiger partial charge in [-0.05, 0) is 43.2 Å². The van der Waals surface area contributed by atoms with Gasteiger partial charge in [0.15, 0.2) is 0 Å². The van der Waals surface area contributed by atoms with Gasteiger partial charge in [-0.3, -0.25) is 0 Å². The molecule has 3 heterocycles. The van der Waals surface area contributed by atoms with E-state index in [1.54, 1.807) is 0 Å². The van der Waals surface area contributed by atoms with Gasteiger partial charge in [-0.15, -0.1) is 0 Å². The third-order valence-corrected chi connectivity index (χ3v) is 7.70. The highest BCUT2D eigenvalue weighted by atomic mass is 15.3. The molecule has 0 atom stereocenters. The summed E-state index contributed by atoms with van der Waals surface area (Å²) in [6, 6.07) is 37.2. The van der Waals surface area contributed by atoms with Crippen molar-refractivity contribution in [2.75, 3.05) is 23.7 Å². The highest BCUT2D eigenvalue weighted by Crippen LogP contribution is 2.36. The molecular weight excluding hydrogens is 554 g/mol. The van der Waals surface area contributed by atoms with E-state index in [1.165, 1.54) is 0 Å². The fraction of sp³-hybridized carbons (Fsp3) is 0.211. The van der Waals surface area contributed by atoms with E-state index in [0.29, 0.717) is 5.95 Å². The first-order chi connectivity index (χ1) is 22.2. The third-order valence-electron chi connectivity index (χ3n) is 7.70. The molecular formula is C38H39N7. The van der Waals surface area contributed by atoms with E-state index in [9.17, 15) is 0 Å². The molecule has 0 unspecified atom stereocenters. The lowest BCUT2D eigenvalue weighted by Gasteiger charge is -2.09. The zero-order chi connectivity index (χ0) is 30.8. The van der Waals surface area contributed by atoms with Crippen LogP contribution in [0.1, 0.15) is 50.7 Å². The Balaban J connectivity index is 1.43. The fourth-order valence-electron chi connectivity index (χ4n) is 5.32. The van der Waals surface area contributed by atoms with Crippen molar-refractivity contribution in [3.05, 3.63) is 127 Å². The van der Waals surface area contributed by atoms with E-state index >= 15 is 0 Å². The minimum atomic E-state index is 0.627. The van der Waals surface area contributed by atoms with Crippen molar-refractivity contribution in [2.24, 2.45) is 4.99 Å². The molecule has 7 nitrogen and oxygen atoms in total. The van der Waals surface area contributed by atoms with Crippen LogP contribution in [0.5, 0.6) is 0 Å². The van der Waals surface area contributed by atoms with Crippen molar-refractivity contribution < 1.29 is 0 Å². The number of benzene rings is 3. The topological polar surface area (TPSA) is 79.5 Å². The lowest BCUT2D eigenvalue weighted by Crippen LogP contribution is -2.06. The summed E-state index contributed by atoms with van der Waals surface area (Å²) in [5.74, 6) is 1.59. The molecule has 6 aromatic rings. The zero-order valence-corrected chi connectivity index (χ0v) is 25.9. The van der Waals surface area contributed by atoms with Crippen LogP contribution < -0.4 is 10.6 Å². The van der Waals surface area contributed by atoms with Crippen molar-refractivity contribution in [3.63, 3.8) is 0 Å². The van der Waals surface area contributed by atoms with Crippen LogP contribution in [-0.2, 0) is 0 Å². The van der Waals surface area contributed by atoms with Crippen LogP contribution in [0.25, 0.3) is 28.0 Å².